The van der Waals surface area contributed by atoms with Gasteiger partial charge in [0.25, 0.3) is 5.91 Å². The maximum absolute atomic E-state index is 11.8. The zero-order valence-corrected chi connectivity index (χ0v) is 11.1. The summed E-state index contributed by atoms with van der Waals surface area (Å²) in [6.45, 7) is 0.432. The van der Waals surface area contributed by atoms with Crippen LogP contribution in [0.1, 0.15) is 16.2 Å². The number of aryl methyl sites for hydroxylation is 1. The summed E-state index contributed by atoms with van der Waals surface area (Å²) in [6, 6.07) is 4.32. The van der Waals surface area contributed by atoms with Crippen molar-refractivity contribution in [3.05, 3.63) is 40.9 Å². The molecule has 0 fully saturated rings. The maximum atomic E-state index is 11.8. The van der Waals surface area contributed by atoms with Gasteiger partial charge in [0.2, 0.25) is 0 Å². The molecule has 100 valence electrons. The fraction of sp³-hybridized carbons (Fsp3) is 0.250. The van der Waals surface area contributed by atoms with E-state index in [1.54, 1.807) is 18.1 Å². The van der Waals surface area contributed by atoms with Gasteiger partial charge in [-0.3, -0.25) is 9.48 Å². The van der Waals surface area contributed by atoms with Crippen LogP contribution in [-0.4, -0.2) is 32.3 Å². The number of nitrogens with one attached hydrogen (secondary N) is 1. The molecule has 0 unspecified atom stereocenters. The third-order valence-corrected chi connectivity index (χ3v) is 2.79. The Bertz CT molecular complexity index is 597. The molecular weight excluding hydrogens is 268 g/mol. The van der Waals surface area contributed by atoms with Crippen LogP contribution >= 0.6 is 11.6 Å². The Morgan fingerprint density at radius 2 is 2.32 bits per heavy atom. The zero-order chi connectivity index (χ0) is 13.8. The number of carbonyl (C=O) groups is 1. The van der Waals surface area contributed by atoms with E-state index in [1.165, 1.54) is 18.2 Å². The van der Waals surface area contributed by atoms with Crippen LogP contribution in [0.5, 0.6) is 5.75 Å². The molecule has 0 aliphatic rings. The van der Waals surface area contributed by atoms with Crippen molar-refractivity contribution in [2.45, 2.75) is 6.42 Å². The van der Waals surface area contributed by atoms with E-state index < -0.39 is 0 Å². The molecule has 0 saturated carbocycles. The van der Waals surface area contributed by atoms with Crippen LogP contribution in [0.25, 0.3) is 0 Å². The van der Waals surface area contributed by atoms with Crippen LogP contribution in [0.3, 0.4) is 0 Å². The lowest BCUT2D eigenvalue weighted by Gasteiger charge is -2.05. The number of phenols is 1. The lowest BCUT2D eigenvalue weighted by molar-refractivity contribution is 0.0954. The van der Waals surface area contributed by atoms with E-state index in [2.05, 4.69) is 15.4 Å². The molecule has 0 aliphatic carbocycles. The highest BCUT2D eigenvalue weighted by atomic mass is 35.5. The summed E-state index contributed by atoms with van der Waals surface area (Å²) in [6.07, 6.45) is 2.16. The number of aromatic hydroxyl groups is 1. The van der Waals surface area contributed by atoms with Crippen LogP contribution in [0, 0.1) is 0 Å². The van der Waals surface area contributed by atoms with Gasteiger partial charge in [-0.1, -0.05) is 11.6 Å². The van der Waals surface area contributed by atoms with Gasteiger partial charge in [0.1, 0.15) is 12.1 Å². The lowest BCUT2D eigenvalue weighted by atomic mass is 10.2. The van der Waals surface area contributed by atoms with Gasteiger partial charge in [-0.05, 0) is 18.2 Å². The molecule has 0 saturated heterocycles. The molecule has 0 aliphatic heterocycles. The van der Waals surface area contributed by atoms with Crippen molar-refractivity contribution >= 4 is 17.5 Å². The van der Waals surface area contributed by atoms with E-state index in [4.69, 9.17) is 11.6 Å². The van der Waals surface area contributed by atoms with E-state index in [0.717, 1.165) is 0 Å². The first-order valence-corrected chi connectivity index (χ1v) is 6.05. The number of hydrogen-bond acceptors (Lipinski definition) is 4. The van der Waals surface area contributed by atoms with Crippen LogP contribution in [0.4, 0.5) is 0 Å². The first-order chi connectivity index (χ1) is 9.06. The van der Waals surface area contributed by atoms with Gasteiger partial charge in [-0.15, -0.1) is 0 Å². The SMILES string of the molecule is Cn1cnc(CCNC(=O)c2ccc(O)c(Cl)c2)n1. The predicted molar refractivity (Wildman–Crippen MR) is 70.2 cm³/mol. The van der Waals surface area contributed by atoms with Crippen molar-refractivity contribution < 1.29 is 9.90 Å². The summed E-state index contributed by atoms with van der Waals surface area (Å²) in [5, 5.41) is 16.3. The molecular formula is C12H13ClN4O2. The van der Waals surface area contributed by atoms with Gasteiger partial charge >= 0.3 is 0 Å². The minimum absolute atomic E-state index is 0.0455. The van der Waals surface area contributed by atoms with E-state index in [0.29, 0.717) is 24.4 Å². The third kappa shape index (κ3) is 3.45. The molecule has 1 aromatic heterocycles. The molecule has 2 N–H and O–H groups in total. The van der Waals surface area contributed by atoms with Crippen LogP contribution in [0.2, 0.25) is 5.02 Å². The van der Waals surface area contributed by atoms with Crippen LogP contribution in [0.15, 0.2) is 24.5 Å². The summed E-state index contributed by atoms with van der Waals surface area (Å²) < 4.78 is 1.61. The molecule has 0 radical (unpaired) electrons. The second-order valence-electron chi connectivity index (χ2n) is 4.01. The van der Waals surface area contributed by atoms with E-state index >= 15 is 0 Å². The highest BCUT2D eigenvalue weighted by Gasteiger charge is 2.08. The number of phenolic OH excluding ortho intramolecular Hbond substituents is 1. The summed E-state index contributed by atoms with van der Waals surface area (Å²) in [5.41, 5.74) is 0.400. The summed E-state index contributed by atoms with van der Waals surface area (Å²) in [5.74, 6) is 0.375. The Hall–Kier alpha value is -2.08. The first kappa shape index (κ1) is 13.4. The number of aromatic nitrogens is 3. The molecule has 2 rings (SSSR count). The Labute approximate surface area is 115 Å². The smallest absolute Gasteiger partial charge is 0.251 e. The second-order valence-corrected chi connectivity index (χ2v) is 4.41. The molecule has 1 aromatic carbocycles. The average Bonchev–Trinajstić information content (AvgIpc) is 2.78. The topological polar surface area (TPSA) is 80.0 Å². The van der Waals surface area contributed by atoms with Crippen LogP contribution < -0.4 is 5.32 Å². The maximum Gasteiger partial charge on any atom is 0.251 e. The van der Waals surface area contributed by atoms with Crippen LogP contribution in [-0.2, 0) is 13.5 Å². The molecule has 1 heterocycles. The predicted octanol–water partition coefficient (Wildman–Crippen LogP) is 1.15. The van der Waals surface area contributed by atoms with E-state index in [9.17, 15) is 9.90 Å². The minimum Gasteiger partial charge on any atom is -0.506 e. The van der Waals surface area contributed by atoms with Gasteiger partial charge in [-0.2, -0.15) is 5.10 Å². The van der Waals surface area contributed by atoms with Gasteiger partial charge < -0.3 is 10.4 Å². The van der Waals surface area contributed by atoms with E-state index in [-0.39, 0.29) is 16.7 Å². The molecule has 1 amide bonds. The number of carbonyl (C=O) groups excluding carboxylic acids is 1. The largest absolute Gasteiger partial charge is 0.506 e. The van der Waals surface area contributed by atoms with Crippen molar-refractivity contribution in [2.75, 3.05) is 6.54 Å². The normalized spacial score (nSPS) is 10.4. The van der Waals surface area contributed by atoms with Gasteiger partial charge in [0.05, 0.1) is 5.02 Å². The van der Waals surface area contributed by atoms with Crippen molar-refractivity contribution in [2.24, 2.45) is 7.05 Å². The molecule has 6 nitrogen and oxygen atoms in total. The molecule has 19 heavy (non-hydrogen) atoms. The number of nitrogens with zero attached hydrogens (tertiary/aromatic N) is 3. The van der Waals surface area contributed by atoms with Gasteiger partial charge in [0.15, 0.2) is 5.82 Å². The second kappa shape index (κ2) is 5.71. The molecule has 0 atom stereocenters. The quantitative estimate of drug-likeness (QED) is 0.880. The lowest BCUT2D eigenvalue weighted by Crippen LogP contribution is -2.25. The Morgan fingerprint density at radius 3 is 2.95 bits per heavy atom. The third-order valence-electron chi connectivity index (χ3n) is 2.49. The fourth-order valence-electron chi connectivity index (χ4n) is 1.54. The standard InChI is InChI=1S/C12H13ClN4O2/c1-17-7-15-11(16-17)4-5-14-12(19)8-2-3-10(18)9(13)6-8/h2-3,6-7,18H,4-5H2,1H3,(H,14,19). The molecule has 0 bridgehead atoms. The minimum atomic E-state index is -0.252. The Balaban J connectivity index is 1.89. The number of halogens is 1. The molecule has 0 spiro atoms. The summed E-state index contributed by atoms with van der Waals surface area (Å²) in [7, 11) is 1.79. The molecule has 7 heteroatoms. The van der Waals surface area contributed by atoms with Crippen molar-refractivity contribution in [3.8, 4) is 5.75 Å². The molecule has 2 aromatic rings. The van der Waals surface area contributed by atoms with Gasteiger partial charge in [0, 0.05) is 25.6 Å². The van der Waals surface area contributed by atoms with Crippen molar-refractivity contribution in [1.82, 2.24) is 20.1 Å². The van der Waals surface area contributed by atoms with Crippen molar-refractivity contribution in [3.63, 3.8) is 0 Å². The summed E-state index contributed by atoms with van der Waals surface area (Å²) in [4.78, 5) is 15.9. The van der Waals surface area contributed by atoms with Gasteiger partial charge in [-0.25, -0.2) is 4.98 Å². The number of rotatable bonds is 4. The number of amides is 1. The van der Waals surface area contributed by atoms with E-state index in [1.807, 2.05) is 0 Å². The average molecular weight is 281 g/mol. The highest BCUT2D eigenvalue weighted by Crippen LogP contribution is 2.23. The monoisotopic (exact) mass is 280 g/mol. The zero-order valence-electron chi connectivity index (χ0n) is 10.3. The number of hydrogen-bond donors (Lipinski definition) is 2. The summed E-state index contributed by atoms with van der Waals surface area (Å²) >= 11 is 5.74. The highest BCUT2D eigenvalue weighted by molar-refractivity contribution is 6.32. The number of benzene rings is 1. The first-order valence-electron chi connectivity index (χ1n) is 5.67. The Morgan fingerprint density at radius 1 is 1.53 bits per heavy atom. The Kier molecular flexibility index (Phi) is 4.01. The van der Waals surface area contributed by atoms with Crippen molar-refractivity contribution in [1.29, 1.82) is 0 Å². The fourth-order valence-corrected chi connectivity index (χ4v) is 1.72.